The maximum absolute atomic E-state index is 13.2. The van der Waals surface area contributed by atoms with Crippen molar-refractivity contribution in [2.45, 2.75) is 6.42 Å². The summed E-state index contributed by atoms with van der Waals surface area (Å²) in [6, 6.07) is 9.96. The van der Waals surface area contributed by atoms with Gasteiger partial charge in [-0.3, -0.25) is 0 Å². The van der Waals surface area contributed by atoms with Crippen LogP contribution in [-0.2, 0) is 0 Å². The van der Waals surface area contributed by atoms with Gasteiger partial charge in [-0.05, 0) is 48.9 Å². The molecule has 0 bridgehead atoms. The van der Waals surface area contributed by atoms with Crippen LogP contribution < -0.4 is 15.5 Å². The summed E-state index contributed by atoms with van der Waals surface area (Å²) in [5.74, 6) is 1.30. The zero-order valence-electron chi connectivity index (χ0n) is 14.6. The summed E-state index contributed by atoms with van der Waals surface area (Å²) in [7, 11) is 0. The zero-order chi connectivity index (χ0) is 18.6. The van der Waals surface area contributed by atoms with Gasteiger partial charge in [0.25, 0.3) is 0 Å². The number of pyridine rings is 1. The zero-order valence-corrected chi connectivity index (χ0v) is 15.4. The highest BCUT2D eigenvalue weighted by Gasteiger charge is 2.24. The maximum atomic E-state index is 13.2. The minimum atomic E-state index is -0.262. The molecule has 2 aliphatic rings. The normalized spacial score (nSPS) is 18.0. The number of anilines is 2. The molecule has 0 saturated carbocycles. The number of nitrogens with zero attached hydrogens (tertiary/aromatic N) is 3. The van der Waals surface area contributed by atoms with E-state index in [4.69, 9.17) is 11.6 Å². The molecule has 0 unspecified atom stereocenters. The average molecular weight is 384 g/mol. The van der Waals surface area contributed by atoms with Gasteiger partial charge in [-0.15, -0.1) is 0 Å². The molecule has 0 aliphatic carbocycles. The molecule has 27 heavy (non-hydrogen) atoms. The molecule has 5 nitrogen and oxygen atoms in total. The summed E-state index contributed by atoms with van der Waals surface area (Å²) in [4.78, 5) is 11.2. The second-order valence-electron chi connectivity index (χ2n) is 6.31. The summed E-state index contributed by atoms with van der Waals surface area (Å²) in [6.07, 6.45) is 6.28. The lowest BCUT2D eigenvalue weighted by molar-refractivity contribution is 0.628. The third-order valence-corrected chi connectivity index (χ3v) is 4.81. The van der Waals surface area contributed by atoms with Gasteiger partial charge in [0.15, 0.2) is 0 Å². The number of amidine groups is 1. The summed E-state index contributed by atoms with van der Waals surface area (Å²) >= 11 is 6.32. The third kappa shape index (κ3) is 3.95. The number of nitrogens with one attached hydrogen (secondary N) is 2. The fourth-order valence-electron chi connectivity index (χ4n) is 3.20. The smallest absolute Gasteiger partial charge is 0.147 e. The summed E-state index contributed by atoms with van der Waals surface area (Å²) in [6.45, 7) is 2.16. The number of hydrogen-bond acceptors (Lipinski definition) is 5. The molecule has 7 heteroatoms. The van der Waals surface area contributed by atoms with E-state index in [9.17, 15) is 4.39 Å². The molecule has 1 aromatic heterocycles. The van der Waals surface area contributed by atoms with Gasteiger partial charge in [-0.25, -0.2) is 14.4 Å². The van der Waals surface area contributed by atoms with Crippen LogP contribution in [0.4, 0.5) is 15.9 Å². The van der Waals surface area contributed by atoms with Crippen LogP contribution in [0.15, 0.2) is 71.1 Å². The van der Waals surface area contributed by atoms with Crippen molar-refractivity contribution in [2.75, 3.05) is 29.9 Å². The minimum absolute atomic E-state index is 0.262. The van der Waals surface area contributed by atoms with Gasteiger partial charge in [0.2, 0.25) is 0 Å². The molecule has 0 radical (unpaired) electrons. The number of hydrogen-bond donors (Lipinski definition) is 2. The number of benzene rings is 1. The molecule has 0 amide bonds. The number of rotatable bonds is 2. The largest absolute Gasteiger partial charge is 0.383 e. The average Bonchev–Trinajstić information content (AvgIpc) is 2.67. The Labute approximate surface area is 162 Å². The Morgan fingerprint density at radius 3 is 2.85 bits per heavy atom. The first-order chi connectivity index (χ1) is 13.2. The quantitative estimate of drug-likeness (QED) is 0.824. The Kier molecular flexibility index (Phi) is 5.07. The van der Waals surface area contributed by atoms with Crippen LogP contribution in [-0.4, -0.2) is 30.5 Å². The molecular formula is C20H19ClFN5. The van der Waals surface area contributed by atoms with Crippen molar-refractivity contribution in [1.29, 1.82) is 0 Å². The number of aromatic nitrogens is 1. The van der Waals surface area contributed by atoms with Crippen LogP contribution in [0.1, 0.15) is 6.42 Å². The van der Waals surface area contributed by atoms with E-state index in [1.165, 1.54) is 12.1 Å². The van der Waals surface area contributed by atoms with E-state index in [0.29, 0.717) is 18.1 Å². The fraction of sp³-hybridized carbons (Fsp3) is 0.200. The Hall–Kier alpha value is -2.86. The monoisotopic (exact) mass is 383 g/mol. The van der Waals surface area contributed by atoms with E-state index in [2.05, 4.69) is 25.5 Å². The first-order valence-electron chi connectivity index (χ1n) is 8.78. The van der Waals surface area contributed by atoms with E-state index < -0.39 is 0 Å². The molecule has 2 N–H and O–H groups in total. The first-order valence-corrected chi connectivity index (χ1v) is 9.15. The molecule has 0 saturated heterocycles. The van der Waals surface area contributed by atoms with E-state index in [0.717, 1.165) is 41.6 Å². The van der Waals surface area contributed by atoms with E-state index in [-0.39, 0.29) is 5.82 Å². The number of aliphatic imine (C=N–C) groups is 1. The second-order valence-corrected chi connectivity index (χ2v) is 6.72. The first kappa shape index (κ1) is 17.5. The van der Waals surface area contributed by atoms with Crippen molar-refractivity contribution in [3.63, 3.8) is 0 Å². The Bertz CT molecular complexity index is 920. The van der Waals surface area contributed by atoms with Crippen LogP contribution in [0.2, 0.25) is 5.02 Å². The van der Waals surface area contributed by atoms with Gasteiger partial charge in [-0.2, -0.15) is 0 Å². The molecule has 138 valence electrons. The van der Waals surface area contributed by atoms with Gasteiger partial charge < -0.3 is 15.5 Å². The van der Waals surface area contributed by atoms with Crippen molar-refractivity contribution >= 4 is 28.9 Å². The van der Waals surface area contributed by atoms with Crippen molar-refractivity contribution in [1.82, 2.24) is 10.3 Å². The lowest BCUT2D eigenvalue weighted by atomic mass is 10.0. The number of halogens is 2. The van der Waals surface area contributed by atoms with Crippen LogP contribution in [0.3, 0.4) is 0 Å². The van der Waals surface area contributed by atoms with Gasteiger partial charge in [0.1, 0.15) is 17.5 Å². The van der Waals surface area contributed by atoms with Crippen LogP contribution in [0, 0.1) is 5.82 Å². The second kappa shape index (κ2) is 7.80. The van der Waals surface area contributed by atoms with Crippen LogP contribution >= 0.6 is 11.6 Å². The van der Waals surface area contributed by atoms with Crippen molar-refractivity contribution < 1.29 is 4.39 Å². The molecule has 2 aliphatic heterocycles. The topological polar surface area (TPSA) is 52.6 Å². The van der Waals surface area contributed by atoms with Crippen LogP contribution in [0.25, 0.3) is 0 Å². The van der Waals surface area contributed by atoms with Gasteiger partial charge in [-0.1, -0.05) is 11.6 Å². The lowest BCUT2D eigenvalue weighted by Gasteiger charge is -2.33. The molecule has 4 rings (SSSR count). The standard InChI is InChI=1S/C20H19ClFN5/c21-17-3-1-9-25-20(17)27-12-8-16-18(13-27)23-10-2-11-24-19(16)26-15-6-4-14(22)5-7-15/h1-7,9,11,23H,8,10,12-13H2,(H,24,26)/b11-2+. The SMILES string of the molecule is Fc1ccc(NC2=N/C=C/CNC3=C2CCN(c2ncccc2Cl)C3)cc1. The summed E-state index contributed by atoms with van der Waals surface area (Å²) in [5, 5.41) is 7.43. The van der Waals surface area contributed by atoms with Gasteiger partial charge >= 0.3 is 0 Å². The highest BCUT2D eigenvalue weighted by Crippen LogP contribution is 2.28. The molecular weight excluding hydrogens is 365 g/mol. The minimum Gasteiger partial charge on any atom is -0.383 e. The summed E-state index contributed by atoms with van der Waals surface area (Å²) in [5.41, 5.74) is 3.00. The lowest BCUT2D eigenvalue weighted by Crippen LogP contribution is -2.40. The maximum Gasteiger partial charge on any atom is 0.147 e. The van der Waals surface area contributed by atoms with E-state index in [1.807, 2.05) is 18.2 Å². The van der Waals surface area contributed by atoms with Gasteiger partial charge in [0, 0.05) is 42.4 Å². The van der Waals surface area contributed by atoms with Crippen molar-refractivity contribution in [3.8, 4) is 0 Å². The highest BCUT2D eigenvalue weighted by molar-refractivity contribution is 6.32. The molecule has 0 atom stereocenters. The Morgan fingerprint density at radius 1 is 1.19 bits per heavy atom. The van der Waals surface area contributed by atoms with Crippen LogP contribution in [0.5, 0.6) is 0 Å². The predicted octanol–water partition coefficient (Wildman–Crippen LogP) is 3.97. The molecule has 3 heterocycles. The molecule has 0 spiro atoms. The van der Waals surface area contributed by atoms with E-state index >= 15 is 0 Å². The predicted molar refractivity (Wildman–Crippen MR) is 108 cm³/mol. The van der Waals surface area contributed by atoms with Gasteiger partial charge in [0.05, 0.1) is 11.6 Å². The Morgan fingerprint density at radius 2 is 2.04 bits per heavy atom. The van der Waals surface area contributed by atoms with Crippen molar-refractivity contribution in [3.05, 3.63) is 77.0 Å². The van der Waals surface area contributed by atoms with Crippen molar-refractivity contribution in [2.24, 2.45) is 4.99 Å². The Balaban J connectivity index is 1.62. The fourth-order valence-corrected chi connectivity index (χ4v) is 3.44. The molecule has 2 aromatic rings. The molecule has 1 aromatic carbocycles. The molecule has 0 fully saturated rings. The van der Waals surface area contributed by atoms with E-state index in [1.54, 1.807) is 24.5 Å². The summed E-state index contributed by atoms with van der Waals surface area (Å²) < 4.78 is 13.2. The highest BCUT2D eigenvalue weighted by atomic mass is 35.5. The third-order valence-electron chi connectivity index (χ3n) is 4.52.